The first kappa shape index (κ1) is 12.1. The zero-order valence-corrected chi connectivity index (χ0v) is 9.65. The molecule has 5 heteroatoms. The van der Waals surface area contributed by atoms with Gasteiger partial charge in [-0.1, -0.05) is 30.3 Å². The lowest BCUT2D eigenvalue weighted by Crippen LogP contribution is -2.12. The molecule has 1 aromatic carbocycles. The lowest BCUT2D eigenvalue weighted by molar-refractivity contribution is 0.247. The van der Waals surface area contributed by atoms with E-state index in [9.17, 15) is 0 Å². The maximum atomic E-state index is 8.83. The highest BCUT2D eigenvalue weighted by Crippen LogP contribution is 2.05. The molecule has 0 aliphatic rings. The Bertz CT molecular complexity index is 559. The van der Waals surface area contributed by atoms with Crippen LogP contribution in [-0.2, 0) is 6.61 Å². The number of benzene rings is 1. The Morgan fingerprint density at radius 3 is 2.67 bits per heavy atom. The maximum Gasteiger partial charge on any atom is 0.153 e. The predicted molar refractivity (Wildman–Crippen MR) is 69.4 cm³/mol. The Kier molecular flexibility index (Phi) is 3.88. The molecule has 1 heterocycles. The smallest absolute Gasteiger partial charge is 0.153 e. The average Bonchev–Trinajstić information content (AvgIpc) is 2.87. The van der Waals surface area contributed by atoms with Gasteiger partial charge in [-0.15, -0.1) is 5.10 Å². The molecule has 0 fully saturated rings. The lowest BCUT2D eigenvalue weighted by atomic mass is 10.2. The van der Waals surface area contributed by atoms with Gasteiger partial charge in [0, 0.05) is 5.56 Å². The average molecular weight is 243 g/mol. The number of rotatable bonds is 4. The van der Waals surface area contributed by atoms with Gasteiger partial charge in [0.25, 0.3) is 0 Å². The fourth-order valence-corrected chi connectivity index (χ4v) is 1.36. The van der Waals surface area contributed by atoms with Crippen molar-refractivity contribution in [1.29, 1.82) is 0 Å². The van der Waals surface area contributed by atoms with Crippen LogP contribution >= 0.6 is 0 Å². The molecule has 0 unspecified atom stereocenters. The molecule has 2 aromatic rings. The normalized spacial score (nSPS) is 12.2. The number of aliphatic hydroxyl groups excluding tert-OH is 1. The minimum absolute atomic E-state index is 0.136. The van der Waals surface area contributed by atoms with E-state index in [-0.39, 0.29) is 6.61 Å². The second kappa shape index (κ2) is 5.79. The Labute approximate surface area is 104 Å². The molecule has 0 bridgehead atoms. The largest absolute Gasteiger partial charge is 0.458 e. The second-order valence-electron chi connectivity index (χ2n) is 3.56. The van der Waals surface area contributed by atoms with Gasteiger partial charge in [-0.3, -0.25) is 0 Å². The highest BCUT2D eigenvalue weighted by molar-refractivity contribution is 5.97. The zero-order chi connectivity index (χ0) is 12.8. The molecule has 18 heavy (non-hydrogen) atoms. The Morgan fingerprint density at radius 2 is 2.00 bits per heavy atom. The van der Waals surface area contributed by atoms with E-state index in [1.54, 1.807) is 12.1 Å². The van der Waals surface area contributed by atoms with Gasteiger partial charge >= 0.3 is 0 Å². The molecule has 92 valence electrons. The quantitative estimate of drug-likeness (QED) is 0.485. The van der Waals surface area contributed by atoms with E-state index in [4.69, 9.17) is 15.3 Å². The number of hydrogen-bond donors (Lipinski definition) is 2. The van der Waals surface area contributed by atoms with Crippen LogP contribution in [0, 0.1) is 0 Å². The Balaban J connectivity index is 2.06. The summed E-state index contributed by atoms with van der Waals surface area (Å²) in [4.78, 5) is 0. The number of nitrogens with zero attached hydrogens (tertiary/aromatic N) is 2. The van der Waals surface area contributed by atoms with Crippen LogP contribution in [0.5, 0.6) is 0 Å². The monoisotopic (exact) mass is 243 g/mol. The number of aliphatic hydroxyl groups is 1. The lowest BCUT2D eigenvalue weighted by Gasteiger charge is -1.96. The van der Waals surface area contributed by atoms with Crippen molar-refractivity contribution >= 4 is 12.1 Å². The number of hydrogen-bond acceptors (Lipinski definition) is 4. The van der Waals surface area contributed by atoms with Crippen LogP contribution in [0.3, 0.4) is 0 Å². The summed E-state index contributed by atoms with van der Waals surface area (Å²) in [5, 5.41) is 16.5. The van der Waals surface area contributed by atoms with E-state index >= 15 is 0 Å². The highest BCUT2D eigenvalue weighted by Gasteiger charge is 1.98. The van der Waals surface area contributed by atoms with Gasteiger partial charge in [0.2, 0.25) is 0 Å². The van der Waals surface area contributed by atoms with E-state index < -0.39 is 0 Å². The first-order valence-corrected chi connectivity index (χ1v) is 5.41. The van der Waals surface area contributed by atoms with Crippen LogP contribution < -0.4 is 5.73 Å². The molecule has 5 nitrogen and oxygen atoms in total. The van der Waals surface area contributed by atoms with Crippen molar-refractivity contribution in [2.75, 3.05) is 0 Å². The van der Waals surface area contributed by atoms with Crippen LogP contribution in [0.4, 0.5) is 0 Å². The molecule has 0 aliphatic carbocycles. The van der Waals surface area contributed by atoms with Crippen molar-refractivity contribution in [2.24, 2.45) is 15.9 Å². The second-order valence-corrected chi connectivity index (χ2v) is 3.56. The minimum Gasteiger partial charge on any atom is -0.458 e. The van der Waals surface area contributed by atoms with Gasteiger partial charge in [-0.25, -0.2) is 0 Å². The van der Waals surface area contributed by atoms with E-state index in [1.807, 2.05) is 30.3 Å². The zero-order valence-electron chi connectivity index (χ0n) is 9.65. The summed E-state index contributed by atoms with van der Waals surface area (Å²) in [6, 6.07) is 12.7. The number of amidine groups is 1. The summed E-state index contributed by atoms with van der Waals surface area (Å²) in [5.41, 5.74) is 6.57. The minimum atomic E-state index is -0.136. The molecule has 0 saturated heterocycles. The summed E-state index contributed by atoms with van der Waals surface area (Å²) in [6.07, 6.45) is 1.44. The molecule has 0 spiro atoms. The molecule has 0 saturated carbocycles. The highest BCUT2D eigenvalue weighted by atomic mass is 16.4. The third kappa shape index (κ3) is 3.05. The van der Waals surface area contributed by atoms with Crippen LogP contribution in [-0.4, -0.2) is 17.2 Å². The van der Waals surface area contributed by atoms with Gasteiger partial charge in [-0.2, -0.15) is 5.10 Å². The summed E-state index contributed by atoms with van der Waals surface area (Å²) < 4.78 is 5.21. The van der Waals surface area contributed by atoms with E-state index in [1.165, 1.54) is 6.21 Å². The molecule has 0 amide bonds. The van der Waals surface area contributed by atoms with Crippen LogP contribution in [0.25, 0.3) is 0 Å². The van der Waals surface area contributed by atoms with Crippen LogP contribution in [0.2, 0.25) is 0 Å². The molecule has 2 rings (SSSR count). The molecular weight excluding hydrogens is 230 g/mol. The molecule has 0 aliphatic heterocycles. The van der Waals surface area contributed by atoms with E-state index in [0.717, 1.165) is 5.56 Å². The third-order valence-electron chi connectivity index (χ3n) is 2.26. The molecule has 1 aromatic heterocycles. The van der Waals surface area contributed by atoms with E-state index in [0.29, 0.717) is 17.4 Å². The topological polar surface area (TPSA) is 84.1 Å². The SMILES string of the molecule is N/C(=N\N=C\c1ccc(CO)o1)c1ccccc1. The van der Waals surface area contributed by atoms with Gasteiger partial charge < -0.3 is 15.3 Å². The van der Waals surface area contributed by atoms with Crippen molar-refractivity contribution in [3.05, 3.63) is 59.5 Å². The van der Waals surface area contributed by atoms with Gasteiger partial charge in [0.15, 0.2) is 5.84 Å². The summed E-state index contributed by atoms with van der Waals surface area (Å²) >= 11 is 0. The van der Waals surface area contributed by atoms with Gasteiger partial charge in [0.1, 0.15) is 18.1 Å². The first-order chi connectivity index (χ1) is 8.79. The fourth-order valence-electron chi connectivity index (χ4n) is 1.36. The van der Waals surface area contributed by atoms with Crippen LogP contribution in [0.1, 0.15) is 17.1 Å². The van der Waals surface area contributed by atoms with Crippen molar-refractivity contribution in [1.82, 2.24) is 0 Å². The van der Waals surface area contributed by atoms with Crippen molar-refractivity contribution in [2.45, 2.75) is 6.61 Å². The molecule has 3 N–H and O–H groups in total. The number of nitrogens with two attached hydrogens (primary N) is 1. The van der Waals surface area contributed by atoms with Gasteiger partial charge in [-0.05, 0) is 12.1 Å². The molecule has 0 radical (unpaired) electrons. The molecule has 0 atom stereocenters. The fraction of sp³-hybridized carbons (Fsp3) is 0.0769. The maximum absolute atomic E-state index is 8.83. The third-order valence-corrected chi connectivity index (χ3v) is 2.26. The summed E-state index contributed by atoms with van der Waals surface area (Å²) in [7, 11) is 0. The van der Waals surface area contributed by atoms with Gasteiger partial charge in [0.05, 0.1) is 6.21 Å². The standard InChI is InChI=1S/C13H13N3O2/c14-13(10-4-2-1-3-5-10)16-15-8-11-6-7-12(9-17)18-11/h1-8,17H,9H2,(H2,14,16)/b15-8+. The molecular formula is C13H13N3O2. The van der Waals surface area contributed by atoms with E-state index in [2.05, 4.69) is 10.2 Å². The first-order valence-electron chi connectivity index (χ1n) is 5.41. The Morgan fingerprint density at radius 1 is 1.22 bits per heavy atom. The van der Waals surface area contributed by atoms with Crippen molar-refractivity contribution in [3.8, 4) is 0 Å². The summed E-state index contributed by atoms with van der Waals surface area (Å²) in [6.45, 7) is -0.136. The number of furan rings is 1. The summed E-state index contributed by atoms with van der Waals surface area (Å²) in [5.74, 6) is 1.33. The predicted octanol–water partition coefficient (Wildman–Crippen LogP) is 1.51. The van der Waals surface area contributed by atoms with Crippen molar-refractivity contribution < 1.29 is 9.52 Å². The Hall–Kier alpha value is -2.40. The van der Waals surface area contributed by atoms with Crippen LogP contribution in [0.15, 0.2) is 57.1 Å². The van der Waals surface area contributed by atoms with Crippen molar-refractivity contribution in [3.63, 3.8) is 0 Å².